The maximum Gasteiger partial charge on any atom is 0.339 e. The molecule has 4 aromatic rings. The lowest BCUT2D eigenvalue weighted by atomic mass is 10.1. The summed E-state index contributed by atoms with van der Waals surface area (Å²) >= 11 is 0. The van der Waals surface area contributed by atoms with Crippen LogP contribution in [0.25, 0.3) is 0 Å². The number of hydrogen-bond acceptors (Lipinski definition) is 8. The average molecular weight is 585 g/mol. The minimum absolute atomic E-state index is 0.121. The third-order valence-electron chi connectivity index (χ3n) is 6.14. The summed E-state index contributed by atoms with van der Waals surface area (Å²) in [6.45, 7) is 1.96. The fraction of sp³-hybridized carbons (Fsp3) is 0.182. The van der Waals surface area contributed by atoms with Gasteiger partial charge in [-0.3, -0.25) is 9.59 Å². The summed E-state index contributed by atoms with van der Waals surface area (Å²) in [5, 5.41) is 5.53. The van der Waals surface area contributed by atoms with Crippen LogP contribution in [0.15, 0.2) is 97.1 Å². The molecule has 0 aromatic heterocycles. The van der Waals surface area contributed by atoms with E-state index in [1.165, 1.54) is 25.3 Å². The lowest BCUT2D eigenvalue weighted by Gasteiger charge is -2.19. The van der Waals surface area contributed by atoms with Gasteiger partial charge in [-0.15, -0.1) is 0 Å². The van der Waals surface area contributed by atoms with Crippen LogP contribution in [-0.2, 0) is 14.3 Å². The van der Waals surface area contributed by atoms with Crippen molar-refractivity contribution in [2.75, 3.05) is 38.1 Å². The van der Waals surface area contributed by atoms with Gasteiger partial charge in [0.1, 0.15) is 11.5 Å². The van der Waals surface area contributed by atoms with Crippen molar-refractivity contribution in [1.82, 2.24) is 0 Å². The van der Waals surface area contributed by atoms with Gasteiger partial charge < -0.3 is 34.3 Å². The molecular formula is C33H32N2O8. The van der Waals surface area contributed by atoms with Gasteiger partial charge in [0.05, 0.1) is 32.1 Å². The molecule has 10 heteroatoms. The van der Waals surface area contributed by atoms with E-state index in [4.69, 9.17) is 23.7 Å². The number of benzene rings is 4. The van der Waals surface area contributed by atoms with Gasteiger partial charge in [-0.25, -0.2) is 4.79 Å². The summed E-state index contributed by atoms with van der Waals surface area (Å²) < 4.78 is 27.5. The normalized spacial score (nSPS) is 11.0. The molecule has 0 unspecified atom stereocenters. The van der Waals surface area contributed by atoms with Crippen molar-refractivity contribution in [3.05, 3.63) is 108 Å². The molecule has 1 atom stereocenters. The molecule has 222 valence electrons. The third-order valence-corrected chi connectivity index (χ3v) is 6.14. The van der Waals surface area contributed by atoms with Gasteiger partial charge in [0.2, 0.25) is 6.10 Å². The molecule has 0 spiro atoms. The van der Waals surface area contributed by atoms with E-state index in [0.717, 1.165) is 0 Å². The molecule has 0 bridgehead atoms. The van der Waals surface area contributed by atoms with Gasteiger partial charge in [0.15, 0.2) is 18.1 Å². The van der Waals surface area contributed by atoms with Crippen LogP contribution in [-0.4, -0.2) is 45.2 Å². The zero-order valence-corrected chi connectivity index (χ0v) is 24.0. The molecule has 0 heterocycles. The van der Waals surface area contributed by atoms with Crippen molar-refractivity contribution in [3.8, 4) is 23.0 Å². The lowest BCUT2D eigenvalue weighted by molar-refractivity contribution is -0.125. The Morgan fingerprint density at radius 1 is 0.721 bits per heavy atom. The van der Waals surface area contributed by atoms with Crippen LogP contribution in [0.1, 0.15) is 28.9 Å². The van der Waals surface area contributed by atoms with Crippen LogP contribution in [0, 0.1) is 0 Å². The summed E-state index contributed by atoms with van der Waals surface area (Å²) in [6, 6.07) is 26.9. The first-order chi connectivity index (χ1) is 20.9. The molecule has 43 heavy (non-hydrogen) atoms. The largest absolute Gasteiger partial charge is 0.497 e. The summed E-state index contributed by atoms with van der Waals surface area (Å²) in [4.78, 5) is 39.0. The first-order valence-corrected chi connectivity index (χ1v) is 13.4. The zero-order valence-electron chi connectivity index (χ0n) is 24.0. The van der Waals surface area contributed by atoms with Gasteiger partial charge in [-0.2, -0.15) is 0 Å². The third kappa shape index (κ3) is 8.26. The average Bonchev–Trinajstić information content (AvgIpc) is 3.04. The van der Waals surface area contributed by atoms with Gasteiger partial charge >= 0.3 is 5.97 Å². The number of hydrogen-bond donors (Lipinski definition) is 2. The number of rotatable bonds is 13. The van der Waals surface area contributed by atoms with E-state index in [0.29, 0.717) is 35.0 Å². The van der Waals surface area contributed by atoms with Crippen LogP contribution in [0.4, 0.5) is 11.4 Å². The molecule has 0 fully saturated rings. The molecule has 4 aromatic carbocycles. The van der Waals surface area contributed by atoms with Crippen molar-refractivity contribution < 1.29 is 38.1 Å². The van der Waals surface area contributed by atoms with Crippen molar-refractivity contribution in [2.24, 2.45) is 0 Å². The van der Waals surface area contributed by atoms with Crippen LogP contribution in [0.2, 0.25) is 0 Å². The van der Waals surface area contributed by atoms with E-state index in [-0.39, 0.29) is 23.7 Å². The summed E-state index contributed by atoms with van der Waals surface area (Å²) in [6.07, 6.45) is -1.26. The van der Waals surface area contributed by atoms with Crippen LogP contribution >= 0.6 is 0 Å². The second kappa shape index (κ2) is 14.9. The molecule has 0 aliphatic heterocycles. The number of esters is 1. The Morgan fingerprint density at radius 2 is 1.44 bits per heavy atom. The van der Waals surface area contributed by atoms with Gasteiger partial charge in [0.25, 0.3) is 11.8 Å². The molecule has 0 aliphatic carbocycles. The highest BCUT2D eigenvalue weighted by Crippen LogP contribution is 2.31. The lowest BCUT2D eigenvalue weighted by Crippen LogP contribution is -2.26. The Balaban J connectivity index is 1.45. The van der Waals surface area contributed by atoms with E-state index in [2.05, 4.69) is 10.6 Å². The maximum atomic E-state index is 13.4. The first kappa shape index (κ1) is 30.4. The van der Waals surface area contributed by atoms with E-state index in [9.17, 15) is 14.4 Å². The number of methoxy groups -OCH3 is 2. The number of ether oxygens (including phenoxy) is 5. The number of para-hydroxylation sites is 2. The summed E-state index contributed by atoms with van der Waals surface area (Å²) in [5.41, 5.74) is 1.63. The highest BCUT2D eigenvalue weighted by molar-refractivity contribution is 5.99. The molecule has 0 saturated heterocycles. The molecule has 10 nitrogen and oxygen atoms in total. The minimum atomic E-state index is -1.26. The quantitative estimate of drug-likeness (QED) is 0.193. The van der Waals surface area contributed by atoms with Crippen LogP contribution in [0.3, 0.4) is 0 Å². The Hall–Kier alpha value is -5.51. The Bertz CT molecular complexity index is 1540. The maximum absolute atomic E-state index is 13.4. The molecule has 0 saturated carbocycles. The number of nitrogens with one attached hydrogen (secondary N) is 2. The minimum Gasteiger partial charge on any atom is -0.497 e. The first-order valence-electron chi connectivity index (χ1n) is 13.4. The molecule has 4 rings (SSSR count). The second-order valence-electron chi connectivity index (χ2n) is 9.05. The van der Waals surface area contributed by atoms with Gasteiger partial charge in [0, 0.05) is 11.3 Å². The fourth-order valence-electron chi connectivity index (χ4n) is 4.05. The van der Waals surface area contributed by atoms with Crippen molar-refractivity contribution in [3.63, 3.8) is 0 Å². The fourth-order valence-corrected chi connectivity index (χ4v) is 4.05. The van der Waals surface area contributed by atoms with Crippen molar-refractivity contribution in [2.45, 2.75) is 13.0 Å². The zero-order chi connectivity index (χ0) is 30.6. The number of anilines is 2. The van der Waals surface area contributed by atoms with E-state index < -0.39 is 23.9 Å². The molecule has 2 N–H and O–H groups in total. The monoisotopic (exact) mass is 584 g/mol. The van der Waals surface area contributed by atoms with E-state index in [1.807, 2.05) is 6.92 Å². The molecular weight excluding hydrogens is 552 g/mol. The topological polar surface area (TPSA) is 121 Å². The molecule has 2 amide bonds. The summed E-state index contributed by atoms with van der Waals surface area (Å²) in [5.74, 6) is -0.0920. The second-order valence-corrected chi connectivity index (χ2v) is 9.05. The Kier molecular flexibility index (Phi) is 10.6. The van der Waals surface area contributed by atoms with Crippen molar-refractivity contribution in [1.29, 1.82) is 0 Å². The number of carbonyl (C=O) groups excluding carboxylic acids is 3. The molecule has 0 radical (unpaired) electrons. The standard InChI is InChI=1S/C33H32N2O8/c1-4-41-27-13-9-8-12-26(27)35-32(37)31(22-10-6-5-7-11-22)43-33(38)23-14-19-28(29(20-23)40-3)42-21-30(36)34-24-15-17-25(39-2)18-16-24/h5-20,31H,4,21H2,1-3H3,(H,34,36)(H,35,37)/t31-/m1/s1. The number of carbonyl (C=O) groups is 3. The number of amides is 2. The SMILES string of the molecule is CCOc1ccccc1NC(=O)[C@H](OC(=O)c1ccc(OCC(=O)Nc2ccc(OC)cc2)c(OC)c1)c1ccccc1. The Labute approximate surface area is 249 Å². The predicted octanol–water partition coefficient (Wildman–Crippen LogP) is 5.66. The summed E-state index contributed by atoms with van der Waals surface area (Å²) in [7, 11) is 2.97. The van der Waals surface area contributed by atoms with E-state index in [1.54, 1.807) is 86.0 Å². The van der Waals surface area contributed by atoms with E-state index >= 15 is 0 Å². The smallest absolute Gasteiger partial charge is 0.339 e. The van der Waals surface area contributed by atoms with Crippen LogP contribution in [0.5, 0.6) is 23.0 Å². The Morgan fingerprint density at radius 3 is 2.14 bits per heavy atom. The predicted molar refractivity (Wildman–Crippen MR) is 161 cm³/mol. The van der Waals surface area contributed by atoms with Gasteiger partial charge in [-0.1, -0.05) is 42.5 Å². The van der Waals surface area contributed by atoms with Crippen molar-refractivity contribution >= 4 is 29.2 Å². The van der Waals surface area contributed by atoms with Crippen LogP contribution < -0.4 is 29.6 Å². The highest BCUT2D eigenvalue weighted by Gasteiger charge is 2.27. The van der Waals surface area contributed by atoms with Gasteiger partial charge in [-0.05, 0) is 61.5 Å². The highest BCUT2D eigenvalue weighted by atomic mass is 16.5. The molecule has 0 aliphatic rings.